The first kappa shape index (κ1) is 57.5. The Hall–Kier alpha value is -1.51. The van der Waals surface area contributed by atoms with E-state index in [-0.39, 0.29) is 31.5 Å². The molecule has 59 heavy (non-hydrogen) atoms. The van der Waals surface area contributed by atoms with Crippen molar-refractivity contribution >= 4 is 19.7 Å². The zero-order chi connectivity index (χ0) is 43.7. The van der Waals surface area contributed by atoms with Crippen LogP contribution in [-0.2, 0) is 27.9 Å². The number of nitrogens with zero attached hydrogens (tertiary/aromatic N) is 1. The number of carbonyl (C=O) groups is 2. The number of phosphoric ester groups is 1. The lowest BCUT2D eigenvalue weighted by Crippen LogP contribution is -2.47. The van der Waals surface area contributed by atoms with Crippen LogP contribution in [0.15, 0.2) is 24.3 Å². The van der Waals surface area contributed by atoms with E-state index in [9.17, 15) is 19.0 Å². The van der Waals surface area contributed by atoms with Crippen molar-refractivity contribution in [3.8, 4) is 0 Å². The van der Waals surface area contributed by atoms with Crippen molar-refractivity contribution in [2.75, 3.05) is 40.9 Å². The number of allylic oxidation sites excluding steroid dienone is 3. The Kier molecular flexibility index (Phi) is 39.5. The fourth-order valence-corrected chi connectivity index (χ4v) is 7.69. The molecule has 0 aromatic heterocycles. The number of esters is 1. The molecule has 3 unspecified atom stereocenters. The highest BCUT2D eigenvalue weighted by Crippen LogP contribution is 2.38. The molecule has 10 heteroatoms. The smallest absolute Gasteiger partial charge is 0.306 e. The van der Waals surface area contributed by atoms with Crippen molar-refractivity contribution in [3.63, 3.8) is 0 Å². The average Bonchev–Trinajstić information content (AvgIpc) is 3.18. The summed E-state index contributed by atoms with van der Waals surface area (Å²) in [5.74, 6) is -0.550. The molecule has 1 N–H and O–H groups in total. The van der Waals surface area contributed by atoms with Gasteiger partial charge in [0.25, 0.3) is 7.82 Å². The van der Waals surface area contributed by atoms with Crippen LogP contribution in [0.2, 0.25) is 0 Å². The minimum Gasteiger partial charge on any atom is -0.756 e. The predicted octanol–water partition coefficient (Wildman–Crippen LogP) is 13.2. The van der Waals surface area contributed by atoms with E-state index in [1.54, 1.807) is 0 Å². The molecule has 0 aromatic rings. The maximum Gasteiger partial charge on any atom is 0.306 e. The van der Waals surface area contributed by atoms with Crippen molar-refractivity contribution in [1.82, 2.24) is 5.32 Å². The van der Waals surface area contributed by atoms with Crippen LogP contribution in [0.25, 0.3) is 0 Å². The summed E-state index contributed by atoms with van der Waals surface area (Å²) in [7, 11) is 1.18. The second kappa shape index (κ2) is 40.6. The SMILES string of the molecule is CCCC/C=C\CCCCCCCC(=O)NC(COP(=O)([O-])OCC[N+](C)(C)C)C(/C=C/CCCCCCCCCCC)OC(=O)CCCCCCCCCCCCC. The summed E-state index contributed by atoms with van der Waals surface area (Å²) in [5.41, 5.74) is 0. The van der Waals surface area contributed by atoms with Crippen molar-refractivity contribution in [2.45, 2.75) is 238 Å². The molecular formula is C49H95N2O7P. The van der Waals surface area contributed by atoms with E-state index in [1.165, 1.54) is 109 Å². The summed E-state index contributed by atoms with van der Waals surface area (Å²) in [5, 5.41) is 2.99. The lowest BCUT2D eigenvalue weighted by Gasteiger charge is -2.30. The van der Waals surface area contributed by atoms with Gasteiger partial charge in [0, 0.05) is 12.8 Å². The summed E-state index contributed by atoms with van der Waals surface area (Å²) in [6, 6.07) is -0.882. The van der Waals surface area contributed by atoms with Gasteiger partial charge in [0.15, 0.2) is 0 Å². The third kappa shape index (κ3) is 41.6. The third-order valence-electron chi connectivity index (χ3n) is 10.9. The highest BCUT2D eigenvalue weighted by Gasteiger charge is 2.27. The van der Waals surface area contributed by atoms with Gasteiger partial charge in [0.2, 0.25) is 5.91 Å². The molecule has 0 rings (SSSR count). The normalized spacial score (nSPS) is 14.2. The number of unbranched alkanes of at least 4 members (excludes halogenated alkanes) is 26. The first-order valence-corrected chi connectivity index (χ1v) is 26.1. The number of phosphoric acid groups is 1. The molecule has 0 fully saturated rings. The van der Waals surface area contributed by atoms with E-state index in [0.29, 0.717) is 17.4 Å². The van der Waals surface area contributed by atoms with Crippen molar-refractivity contribution in [2.24, 2.45) is 0 Å². The molecule has 0 saturated carbocycles. The number of hydrogen-bond acceptors (Lipinski definition) is 7. The lowest BCUT2D eigenvalue weighted by atomic mass is 10.0. The number of rotatable bonds is 44. The van der Waals surface area contributed by atoms with Gasteiger partial charge in [-0.25, -0.2) is 0 Å². The first-order valence-electron chi connectivity index (χ1n) is 24.6. The van der Waals surface area contributed by atoms with Gasteiger partial charge in [0.05, 0.1) is 33.8 Å². The topological polar surface area (TPSA) is 114 Å². The zero-order valence-corrected chi connectivity index (χ0v) is 40.4. The van der Waals surface area contributed by atoms with Gasteiger partial charge in [0.1, 0.15) is 19.3 Å². The van der Waals surface area contributed by atoms with Crippen LogP contribution < -0.4 is 10.2 Å². The Bertz CT molecular complexity index is 1080. The first-order chi connectivity index (χ1) is 28.4. The predicted molar refractivity (Wildman–Crippen MR) is 247 cm³/mol. The van der Waals surface area contributed by atoms with Crippen LogP contribution in [0.3, 0.4) is 0 Å². The van der Waals surface area contributed by atoms with Gasteiger partial charge in [-0.15, -0.1) is 0 Å². The Morgan fingerprint density at radius 1 is 0.576 bits per heavy atom. The quantitative estimate of drug-likeness (QED) is 0.0213. The van der Waals surface area contributed by atoms with Crippen LogP contribution in [0.1, 0.15) is 226 Å². The van der Waals surface area contributed by atoms with Gasteiger partial charge in [-0.1, -0.05) is 187 Å². The van der Waals surface area contributed by atoms with Crippen LogP contribution in [0.4, 0.5) is 0 Å². The maximum atomic E-state index is 13.3. The molecule has 0 radical (unpaired) electrons. The number of ether oxygens (including phenoxy) is 1. The number of quaternary nitrogens is 1. The fraction of sp³-hybridized carbons (Fsp3) is 0.878. The van der Waals surface area contributed by atoms with Crippen molar-refractivity contribution < 1.29 is 37.3 Å². The van der Waals surface area contributed by atoms with E-state index < -0.39 is 20.0 Å². The third-order valence-corrected chi connectivity index (χ3v) is 11.8. The van der Waals surface area contributed by atoms with Gasteiger partial charge in [-0.3, -0.25) is 14.2 Å². The highest BCUT2D eigenvalue weighted by molar-refractivity contribution is 7.45. The lowest BCUT2D eigenvalue weighted by molar-refractivity contribution is -0.870. The van der Waals surface area contributed by atoms with Crippen molar-refractivity contribution in [1.29, 1.82) is 0 Å². The van der Waals surface area contributed by atoms with Crippen LogP contribution in [0, 0.1) is 0 Å². The van der Waals surface area contributed by atoms with Crippen LogP contribution >= 0.6 is 7.82 Å². The molecule has 0 saturated heterocycles. The molecule has 0 aromatic carbocycles. The Labute approximate surface area is 364 Å². The minimum atomic E-state index is -4.68. The number of carbonyl (C=O) groups excluding carboxylic acids is 2. The minimum absolute atomic E-state index is 0.0214. The second-order valence-electron chi connectivity index (χ2n) is 18.0. The number of nitrogens with one attached hydrogen (secondary N) is 1. The highest BCUT2D eigenvalue weighted by atomic mass is 31.2. The molecule has 1 amide bonds. The summed E-state index contributed by atoms with van der Waals surface area (Å²) in [4.78, 5) is 39.5. The summed E-state index contributed by atoms with van der Waals surface area (Å²) < 4.78 is 30.0. The van der Waals surface area contributed by atoms with Crippen LogP contribution in [-0.4, -0.2) is 69.4 Å². The second-order valence-corrected chi connectivity index (χ2v) is 19.4. The molecule has 0 aliphatic heterocycles. The molecule has 0 bridgehead atoms. The summed E-state index contributed by atoms with van der Waals surface area (Å²) in [6.07, 6.45) is 42.8. The molecule has 348 valence electrons. The van der Waals surface area contributed by atoms with Crippen LogP contribution in [0.5, 0.6) is 0 Å². The van der Waals surface area contributed by atoms with E-state index in [2.05, 4.69) is 38.2 Å². The molecule has 9 nitrogen and oxygen atoms in total. The molecule has 0 aliphatic rings. The van der Waals surface area contributed by atoms with Gasteiger partial charge < -0.3 is 28.5 Å². The monoisotopic (exact) mass is 855 g/mol. The largest absolute Gasteiger partial charge is 0.756 e. The molecule has 3 atom stereocenters. The fourth-order valence-electron chi connectivity index (χ4n) is 6.97. The molecular weight excluding hydrogens is 760 g/mol. The summed E-state index contributed by atoms with van der Waals surface area (Å²) in [6.45, 7) is 6.77. The number of amides is 1. The van der Waals surface area contributed by atoms with E-state index in [0.717, 1.165) is 83.5 Å². The Morgan fingerprint density at radius 2 is 1.00 bits per heavy atom. The van der Waals surface area contributed by atoms with Gasteiger partial charge >= 0.3 is 5.97 Å². The van der Waals surface area contributed by atoms with E-state index in [4.69, 9.17) is 13.8 Å². The average molecular weight is 855 g/mol. The number of hydrogen-bond donors (Lipinski definition) is 1. The van der Waals surface area contributed by atoms with Crippen molar-refractivity contribution in [3.05, 3.63) is 24.3 Å². The Balaban J connectivity index is 5.47. The number of likely N-dealkylation sites (N-methyl/N-ethyl adjacent to an activating group) is 1. The van der Waals surface area contributed by atoms with Gasteiger partial charge in [-0.2, -0.15) is 0 Å². The van der Waals surface area contributed by atoms with Gasteiger partial charge in [-0.05, 0) is 51.0 Å². The molecule has 0 heterocycles. The molecule has 0 spiro atoms. The van der Waals surface area contributed by atoms with E-state index in [1.807, 2.05) is 33.3 Å². The molecule has 0 aliphatic carbocycles. The van der Waals surface area contributed by atoms with E-state index >= 15 is 0 Å². The maximum absolute atomic E-state index is 13.3. The standard InChI is InChI=1S/C49H95N2O7P/c1-7-10-13-16-19-22-25-28-31-34-37-40-47(58-49(53)42-39-36-33-30-27-24-21-18-15-12-9-3)46(45-57-59(54,55)56-44-43-51(4,5)6)50-48(52)41-38-35-32-29-26-23-20-17-14-11-8-2/h17,20,37,40,46-47H,7-16,18-19,21-36,38-39,41-45H2,1-6H3,(H-,50,52,54,55)/b20-17-,40-37+. The zero-order valence-electron chi connectivity index (χ0n) is 39.5. The Morgan fingerprint density at radius 3 is 1.49 bits per heavy atom. The summed E-state index contributed by atoms with van der Waals surface area (Å²) >= 11 is 0.